The van der Waals surface area contributed by atoms with Crippen molar-refractivity contribution in [2.24, 2.45) is 5.10 Å². The van der Waals surface area contributed by atoms with Gasteiger partial charge in [0, 0.05) is 13.4 Å². The largest absolute Gasteiger partial charge is 0.374 e. The van der Waals surface area contributed by atoms with Crippen LogP contribution in [0.5, 0.6) is 0 Å². The van der Waals surface area contributed by atoms with E-state index < -0.39 is 0 Å². The van der Waals surface area contributed by atoms with Gasteiger partial charge in [0.15, 0.2) is 0 Å². The molecule has 0 atom stereocenters. The molecule has 22 heavy (non-hydrogen) atoms. The maximum Gasteiger partial charge on any atom is 0.259 e. The first-order valence-electron chi connectivity index (χ1n) is 6.31. The molecule has 0 aliphatic carbocycles. The number of carbonyl (C=O) groups is 1. The van der Waals surface area contributed by atoms with E-state index in [1.807, 2.05) is 42.5 Å². The topological polar surface area (TPSA) is 53.5 Å². The molecule has 4 nitrogen and oxygen atoms in total. The maximum absolute atomic E-state index is 11.8. The predicted octanol–water partition coefficient (Wildman–Crippen LogP) is 4.54. The number of anilines is 1. The number of hydrazone groups is 1. The van der Waals surface area contributed by atoms with Crippen LogP contribution in [0.1, 0.15) is 5.56 Å². The van der Waals surface area contributed by atoms with Gasteiger partial charge in [-0.15, -0.1) is 0 Å². The highest BCUT2D eigenvalue weighted by Crippen LogP contribution is 2.34. The number of amides is 1. The van der Waals surface area contributed by atoms with E-state index in [-0.39, 0.29) is 12.5 Å². The number of hydrogen-bond donors (Lipinski definition) is 2. The Hall–Kier alpha value is -1.18. The van der Waals surface area contributed by atoms with Gasteiger partial charge in [-0.1, -0.05) is 46.3 Å². The van der Waals surface area contributed by atoms with Crippen LogP contribution >= 0.6 is 47.8 Å². The van der Waals surface area contributed by atoms with E-state index in [9.17, 15) is 4.79 Å². The standard InChI is InChI=1S/C15H12Br3N3O/c16-11-6-12(17)15(13(18)7-11)19-9-14(22)21-20-8-10-4-2-1-3-5-10/h1-8,19H,9H2,(H,21,22). The third-order valence-corrected chi connectivity index (χ3v) is 4.34. The fraction of sp³-hybridized carbons (Fsp3) is 0.0667. The van der Waals surface area contributed by atoms with Gasteiger partial charge in [-0.25, -0.2) is 5.43 Å². The summed E-state index contributed by atoms with van der Waals surface area (Å²) in [6.07, 6.45) is 1.60. The summed E-state index contributed by atoms with van der Waals surface area (Å²) in [6, 6.07) is 13.4. The lowest BCUT2D eigenvalue weighted by molar-refractivity contribution is -0.119. The molecule has 114 valence electrons. The smallest absolute Gasteiger partial charge is 0.259 e. The fourth-order valence-corrected chi connectivity index (χ4v) is 4.18. The van der Waals surface area contributed by atoms with Crippen LogP contribution in [0.25, 0.3) is 0 Å². The van der Waals surface area contributed by atoms with Crippen molar-refractivity contribution in [1.29, 1.82) is 0 Å². The van der Waals surface area contributed by atoms with E-state index >= 15 is 0 Å². The highest BCUT2D eigenvalue weighted by molar-refractivity contribution is 9.11. The molecule has 2 aromatic rings. The van der Waals surface area contributed by atoms with Crippen LogP contribution in [0, 0.1) is 0 Å². The van der Waals surface area contributed by atoms with Crippen LogP contribution in [-0.4, -0.2) is 18.7 Å². The molecule has 0 aliphatic heterocycles. The Balaban J connectivity index is 1.87. The van der Waals surface area contributed by atoms with Gasteiger partial charge in [-0.2, -0.15) is 5.10 Å². The Morgan fingerprint density at radius 1 is 1.09 bits per heavy atom. The summed E-state index contributed by atoms with van der Waals surface area (Å²) in [5.74, 6) is -0.228. The minimum Gasteiger partial charge on any atom is -0.374 e. The zero-order valence-electron chi connectivity index (χ0n) is 11.3. The number of benzene rings is 2. The van der Waals surface area contributed by atoms with Crippen molar-refractivity contribution in [1.82, 2.24) is 5.43 Å². The van der Waals surface area contributed by atoms with Crippen molar-refractivity contribution in [2.45, 2.75) is 0 Å². The number of carbonyl (C=O) groups excluding carboxylic acids is 1. The Labute approximate surface area is 153 Å². The molecule has 1 amide bonds. The van der Waals surface area contributed by atoms with E-state index in [0.717, 1.165) is 24.7 Å². The quantitative estimate of drug-likeness (QED) is 0.478. The van der Waals surface area contributed by atoms with Crippen molar-refractivity contribution >= 4 is 65.6 Å². The minimum absolute atomic E-state index is 0.116. The summed E-state index contributed by atoms with van der Waals surface area (Å²) in [4.78, 5) is 11.8. The second-order valence-electron chi connectivity index (χ2n) is 4.30. The second-order valence-corrected chi connectivity index (χ2v) is 6.93. The van der Waals surface area contributed by atoms with Gasteiger partial charge in [-0.3, -0.25) is 4.79 Å². The molecule has 0 aromatic heterocycles. The van der Waals surface area contributed by atoms with Gasteiger partial charge in [0.05, 0.1) is 18.4 Å². The van der Waals surface area contributed by atoms with Gasteiger partial charge < -0.3 is 5.32 Å². The second kappa shape index (κ2) is 8.45. The van der Waals surface area contributed by atoms with Crippen LogP contribution in [0.15, 0.2) is 61.0 Å². The predicted molar refractivity (Wildman–Crippen MR) is 100 cm³/mol. The summed E-state index contributed by atoms with van der Waals surface area (Å²) in [5.41, 5.74) is 4.22. The lowest BCUT2D eigenvalue weighted by Gasteiger charge is -2.10. The van der Waals surface area contributed by atoms with Gasteiger partial charge in [0.2, 0.25) is 0 Å². The van der Waals surface area contributed by atoms with Crippen LogP contribution in [0.4, 0.5) is 5.69 Å². The van der Waals surface area contributed by atoms with E-state index in [1.165, 1.54) is 0 Å². The summed E-state index contributed by atoms with van der Waals surface area (Å²) in [5, 5.41) is 6.97. The molecule has 0 aliphatic rings. The zero-order valence-corrected chi connectivity index (χ0v) is 16.1. The Kier molecular flexibility index (Phi) is 6.60. The fourth-order valence-electron chi connectivity index (χ4n) is 1.64. The first-order chi connectivity index (χ1) is 10.6. The lowest BCUT2D eigenvalue weighted by atomic mass is 10.2. The van der Waals surface area contributed by atoms with Crippen molar-refractivity contribution in [3.8, 4) is 0 Å². The van der Waals surface area contributed by atoms with Crippen LogP contribution in [0.2, 0.25) is 0 Å². The molecule has 0 unspecified atom stereocenters. The summed E-state index contributed by atoms with van der Waals surface area (Å²) in [7, 11) is 0. The summed E-state index contributed by atoms with van der Waals surface area (Å²) in [6.45, 7) is 0.116. The average molecular weight is 490 g/mol. The molecule has 0 saturated carbocycles. The van der Waals surface area contributed by atoms with E-state index in [2.05, 4.69) is 63.6 Å². The average Bonchev–Trinajstić information content (AvgIpc) is 2.47. The Bertz CT molecular complexity index is 667. The molecule has 0 spiro atoms. The monoisotopic (exact) mass is 487 g/mol. The molecule has 2 N–H and O–H groups in total. The molecule has 0 heterocycles. The summed E-state index contributed by atoms with van der Waals surface area (Å²) < 4.78 is 2.65. The zero-order chi connectivity index (χ0) is 15.9. The molecule has 2 aromatic carbocycles. The first-order valence-corrected chi connectivity index (χ1v) is 8.69. The molecular weight excluding hydrogens is 478 g/mol. The molecule has 0 fully saturated rings. The number of nitrogens with zero attached hydrogens (tertiary/aromatic N) is 1. The highest BCUT2D eigenvalue weighted by atomic mass is 79.9. The molecule has 2 rings (SSSR count). The van der Waals surface area contributed by atoms with Crippen molar-refractivity contribution < 1.29 is 4.79 Å². The van der Waals surface area contributed by atoms with Gasteiger partial charge in [0.25, 0.3) is 5.91 Å². The Morgan fingerprint density at radius 3 is 2.36 bits per heavy atom. The number of hydrogen-bond acceptors (Lipinski definition) is 3. The highest BCUT2D eigenvalue weighted by Gasteiger charge is 2.08. The van der Waals surface area contributed by atoms with Crippen molar-refractivity contribution in [3.63, 3.8) is 0 Å². The van der Waals surface area contributed by atoms with Crippen LogP contribution in [0.3, 0.4) is 0 Å². The van der Waals surface area contributed by atoms with Gasteiger partial charge >= 0.3 is 0 Å². The molecule has 0 saturated heterocycles. The number of nitrogens with one attached hydrogen (secondary N) is 2. The lowest BCUT2D eigenvalue weighted by Crippen LogP contribution is -2.26. The van der Waals surface area contributed by atoms with E-state index in [0.29, 0.717) is 0 Å². The van der Waals surface area contributed by atoms with Gasteiger partial charge in [-0.05, 0) is 49.6 Å². The van der Waals surface area contributed by atoms with E-state index in [1.54, 1.807) is 6.21 Å². The number of rotatable bonds is 5. The maximum atomic E-state index is 11.8. The number of halogens is 3. The SMILES string of the molecule is O=C(CNc1c(Br)cc(Br)cc1Br)NN=Cc1ccccc1. The van der Waals surface area contributed by atoms with Crippen LogP contribution in [-0.2, 0) is 4.79 Å². The molecule has 0 bridgehead atoms. The molecular formula is C15H12Br3N3O. The van der Waals surface area contributed by atoms with Crippen molar-refractivity contribution in [3.05, 3.63) is 61.4 Å². The summed E-state index contributed by atoms with van der Waals surface area (Å²) >= 11 is 10.3. The normalized spacial score (nSPS) is 10.7. The molecule has 7 heteroatoms. The van der Waals surface area contributed by atoms with Crippen LogP contribution < -0.4 is 10.7 Å². The first kappa shape index (κ1) is 17.2. The Morgan fingerprint density at radius 2 is 1.73 bits per heavy atom. The third-order valence-electron chi connectivity index (χ3n) is 2.64. The van der Waals surface area contributed by atoms with Crippen molar-refractivity contribution in [2.75, 3.05) is 11.9 Å². The van der Waals surface area contributed by atoms with Gasteiger partial charge in [0.1, 0.15) is 0 Å². The minimum atomic E-state index is -0.228. The van der Waals surface area contributed by atoms with E-state index in [4.69, 9.17) is 0 Å². The molecule has 0 radical (unpaired) electrons. The third kappa shape index (κ3) is 5.23.